The number of fused-ring (bicyclic) bond motifs is 1. The summed E-state index contributed by atoms with van der Waals surface area (Å²) in [6.45, 7) is 0.997. The maximum absolute atomic E-state index is 13.1. The first-order valence-electron chi connectivity index (χ1n) is 7.84. The number of aromatic nitrogens is 4. The molecule has 0 spiro atoms. The summed E-state index contributed by atoms with van der Waals surface area (Å²) in [6, 6.07) is 0. The minimum absolute atomic E-state index is 0.0583. The molecule has 0 saturated carbocycles. The van der Waals surface area contributed by atoms with Crippen LogP contribution < -0.4 is 5.32 Å². The zero-order chi connectivity index (χ0) is 18.1. The van der Waals surface area contributed by atoms with Gasteiger partial charge in [0.1, 0.15) is 18.7 Å². The van der Waals surface area contributed by atoms with E-state index < -0.39 is 22.3 Å². The fourth-order valence-electron chi connectivity index (χ4n) is 2.68. The number of nitrogens with zero attached hydrogens (tertiary/aromatic N) is 4. The number of rotatable bonds is 7. The Hall–Kier alpha value is -1.88. The predicted molar refractivity (Wildman–Crippen MR) is 87.4 cm³/mol. The van der Waals surface area contributed by atoms with Gasteiger partial charge in [0.2, 0.25) is 0 Å². The Morgan fingerprint density at radius 2 is 2.24 bits per heavy atom. The van der Waals surface area contributed by atoms with Gasteiger partial charge in [0, 0.05) is 19.7 Å². The molecule has 1 aliphatic heterocycles. The van der Waals surface area contributed by atoms with Crippen molar-refractivity contribution in [2.75, 3.05) is 30.0 Å². The van der Waals surface area contributed by atoms with E-state index >= 15 is 0 Å². The summed E-state index contributed by atoms with van der Waals surface area (Å²) in [4.78, 5) is 8.07. The molecule has 25 heavy (non-hydrogen) atoms. The first kappa shape index (κ1) is 17.9. The average Bonchev–Trinajstić information content (AvgIpc) is 3.04. The maximum Gasteiger partial charge on any atom is 0.264 e. The largest absolute Gasteiger partial charge is 0.375 e. The van der Waals surface area contributed by atoms with Gasteiger partial charge in [-0.3, -0.25) is 4.68 Å². The van der Waals surface area contributed by atoms with Crippen LogP contribution in [0.1, 0.15) is 13.3 Å². The van der Waals surface area contributed by atoms with Gasteiger partial charge >= 0.3 is 0 Å². The maximum atomic E-state index is 13.1. The summed E-state index contributed by atoms with van der Waals surface area (Å²) < 4.78 is 55.6. The third kappa shape index (κ3) is 4.82. The monoisotopic (exact) mass is 375 g/mol. The van der Waals surface area contributed by atoms with Crippen molar-refractivity contribution in [1.29, 1.82) is 0 Å². The summed E-state index contributed by atoms with van der Waals surface area (Å²) in [6.07, 6.45) is 3.01. The van der Waals surface area contributed by atoms with Crippen LogP contribution in [0, 0.1) is 0 Å². The van der Waals surface area contributed by atoms with Gasteiger partial charge in [0.25, 0.3) is 5.92 Å². The molecule has 0 amide bonds. The van der Waals surface area contributed by atoms with Gasteiger partial charge in [-0.1, -0.05) is 0 Å². The number of halogens is 2. The highest BCUT2D eigenvalue weighted by atomic mass is 32.2. The molecule has 0 radical (unpaired) electrons. The average molecular weight is 375 g/mol. The van der Waals surface area contributed by atoms with Gasteiger partial charge in [0.05, 0.1) is 29.6 Å². The lowest BCUT2D eigenvalue weighted by molar-refractivity contribution is 0.000773. The molecule has 0 bridgehead atoms. The van der Waals surface area contributed by atoms with Crippen molar-refractivity contribution in [2.24, 2.45) is 0 Å². The van der Waals surface area contributed by atoms with Gasteiger partial charge in [-0.05, 0) is 6.42 Å². The Morgan fingerprint density at radius 3 is 2.92 bits per heavy atom. The van der Waals surface area contributed by atoms with Crippen LogP contribution in [0.25, 0.3) is 11.0 Å². The van der Waals surface area contributed by atoms with Crippen molar-refractivity contribution in [2.45, 2.75) is 31.9 Å². The van der Waals surface area contributed by atoms with E-state index in [-0.39, 0.29) is 17.6 Å². The number of hydrogen-bond donors (Lipinski definition) is 1. The standard InChI is InChI=1S/C14H19F2N5O3S/c1-14(15,16)8-21-6-11-12(18-9-19-13(11)20-21)17-3-4-24-10-2-5-25(22,23)7-10/h6,9-10H,2-5,7-8H2,1H3,(H,17,18,19,20). The summed E-state index contributed by atoms with van der Waals surface area (Å²) in [5, 5.41) is 7.59. The van der Waals surface area contributed by atoms with Gasteiger partial charge in [-0.25, -0.2) is 27.2 Å². The van der Waals surface area contributed by atoms with Crippen LogP contribution in [0.4, 0.5) is 14.6 Å². The predicted octanol–water partition coefficient (Wildman–Crippen LogP) is 1.10. The van der Waals surface area contributed by atoms with Crippen LogP contribution in [-0.4, -0.2) is 64.9 Å². The summed E-state index contributed by atoms with van der Waals surface area (Å²) in [7, 11) is -2.96. The number of ether oxygens (including phenoxy) is 1. The van der Waals surface area contributed by atoms with E-state index in [0.717, 1.165) is 11.6 Å². The molecule has 138 valence electrons. The van der Waals surface area contributed by atoms with Crippen LogP contribution in [0.5, 0.6) is 0 Å². The number of sulfone groups is 1. The van der Waals surface area contributed by atoms with E-state index in [1.807, 2.05) is 0 Å². The molecule has 1 saturated heterocycles. The topological polar surface area (TPSA) is 99.0 Å². The first-order valence-corrected chi connectivity index (χ1v) is 9.66. The van der Waals surface area contributed by atoms with E-state index in [9.17, 15) is 17.2 Å². The van der Waals surface area contributed by atoms with Gasteiger partial charge < -0.3 is 10.1 Å². The van der Waals surface area contributed by atoms with Crippen molar-refractivity contribution >= 4 is 26.7 Å². The third-order valence-electron chi connectivity index (χ3n) is 3.74. The Labute approximate surface area is 143 Å². The first-order chi connectivity index (χ1) is 11.7. The highest BCUT2D eigenvalue weighted by Gasteiger charge is 2.28. The van der Waals surface area contributed by atoms with E-state index in [0.29, 0.717) is 36.4 Å². The quantitative estimate of drug-likeness (QED) is 0.724. The lowest BCUT2D eigenvalue weighted by Gasteiger charge is -2.11. The van der Waals surface area contributed by atoms with Crippen molar-refractivity contribution in [3.05, 3.63) is 12.5 Å². The molecule has 0 aromatic carbocycles. The Bertz CT molecular complexity index is 850. The zero-order valence-electron chi connectivity index (χ0n) is 13.7. The normalized spacial score (nSPS) is 20.2. The van der Waals surface area contributed by atoms with Crippen LogP contribution in [0.3, 0.4) is 0 Å². The number of hydrogen-bond acceptors (Lipinski definition) is 7. The summed E-state index contributed by atoms with van der Waals surface area (Å²) in [5.74, 6) is -2.18. The van der Waals surface area contributed by atoms with E-state index in [1.54, 1.807) is 0 Å². The molecule has 1 aliphatic rings. The Kier molecular flexibility index (Phi) is 4.87. The minimum atomic E-state index is -2.96. The smallest absolute Gasteiger partial charge is 0.264 e. The minimum Gasteiger partial charge on any atom is -0.375 e. The molecule has 1 unspecified atom stereocenters. The molecule has 1 N–H and O–H groups in total. The third-order valence-corrected chi connectivity index (χ3v) is 5.48. The molecular formula is C14H19F2N5O3S. The van der Waals surface area contributed by atoms with Gasteiger partial charge in [-0.15, -0.1) is 0 Å². The molecule has 2 aromatic rings. The second kappa shape index (κ2) is 6.79. The van der Waals surface area contributed by atoms with E-state index in [2.05, 4.69) is 20.4 Å². The number of anilines is 1. The molecule has 1 fully saturated rings. The lowest BCUT2D eigenvalue weighted by atomic mass is 10.3. The Morgan fingerprint density at radius 1 is 1.44 bits per heavy atom. The van der Waals surface area contributed by atoms with Crippen LogP contribution in [-0.2, 0) is 21.1 Å². The van der Waals surface area contributed by atoms with E-state index in [1.165, 1.54) is 12.5 Å². The van der Waals surface area contributed by atoms with Gasteiger partial charge in [0.15, 0.2) is 15.5 Å². The Balaban J connectivity index is 1.58. The van der Waals surface area contributed by atoms with Crippen molar-refractivity contribution in [3.63, 3.8) is 0 Å². The van der Waals surface area contributed by atoms with Gasteiger partial charge in [-0.2, -0.15) is 5.10 Å². The van der Waals surface area contributed by atoms with E-state index in [4.69, 9.17) is 4.74 Å². The summed E-state index contributed by atoms with van der Waals surface area (Å²) >= 11 is 0. The molecule has 8 nitrogen and oxygen atoms in total. The SMILES string of the molecule is CC(F)(F)Cn1cc2c(NCCOC3CCS(=O)(=O)C3)ncnc2n1. The molecule has 3 rings (SSSR count). The van der Waals surface area contributed by atoms with Crippen LogP contribution in [0.2, 0.25) is 0 Å². The molecular weight excluding hydrogens is 356 g/mol. The van der Waals surface area contributed by atoms with Crippen LogP contribution in [0.15, 0.2) is 12.5 Å². The van der Waals surface area contributed by atoms with Crippen molar-refractivity contribution in [1.82, 2.24) is 19.7 Å². The van der Waals surface area contributed by atoms with Crippen LogP contribution >= 0.6 is 0 Å². The summed E-state index contributed by atoms with van der Waals surface area (Å²) in [5.41, 5.74) is 0.324. The fourth-order valence-corrected chi connectivity index (χ4v) is 4.30. The van der Waals surface area contributed by atoms with Crippen molar-refractivity contribution < 1.29 is 21.9 Å². The fraction of sp³-hybridized carbons (Fsp3) is 0.643. The molecule has 1 atom stereocenters. The molecule has 2 aromatic heterocycles. The molecule has 3 heterocycles. The highest BCUT2D eigenvalue weighted by Crippen LogP contribution is 2.21. The second-order valence-electron chi connectivity index (χ2n) is 6.18. The lowest BCUT2D eigenvalue weighted by Crippen LogP contribution is -2.19. The highest BCUT2D eigenvalue weighted by molar-refractivity contribution is 7.91. The zero-order valence-corrected chi connectivity index (χ0v) is 14.5. The number of alkyl halides is 2. The molecule has 11 heteroatoms. The second-order valence-corrected chi connectivity index (χ2v) is 8.41. The molecule has 0 aliphatic carbocycles. The number of nitrogens with one attached hydrogen (secondary N) is 1. The van der Waals surface area contributed by atoms with Crippen molar-refractivity contribution in [3.8, 4) is 0 Å².